The van der Waals surface area contributed by atoms with Gasteiger partial charge in [-0.3, -0.25) is 9.69 Å². The number of thioether (sulfide) groups is 1. The summed E-state index contributed by atoms with van der Waals surface area (Å²) in [6.07, 6.45) is 1.10. The first-order valence-corrected chi connectivity index (χ1v) is 12.8. The number of methoxy groups -OCH3 is 1. The van der Waals surface area contributed by atoms with Crippen LogP contribution in [0.1, 0.15) is 32.9 Å². The number of carbonyl (C=O) groups is 1. The highest BCUT2D eigenvalue weighted by atomic mass is 32.2. The predicted octanol–water partition coefficient (Wildman–Crippen LogP) is 6.52. The van der Waals surface area contributed by atoms with Gasteiger partial charge < -0.3 is 9.30 Å². The van der Waals surface area contributed by atoms with Gasteiger partial charge in [0.2, 0.25) is 5.91 Å². The number of imidazole rings is 1. The third kappa shape index (κ3) is 5.23. The molecule has 0 bridgehead atoms. The van der Waals surface area contributed by atoms with Crippen molar-refractivity contribution in [2.24, 2.45) is 5.92 Å². The van der Waals surface area contributed by atoms with Gasteiger partial charge in [0.1, 0.15) is 5.75 Å². The molecule has 0 fully saturated rings. The van der Waals surface area contributed by atoms with Gasteiger partial charge in [-0.25, -0.2) is 9.97 Å². The lowest BCUT2D eigenvalue weighted by Gasteiger charge is -2.20. The topological polar surface area (TPSA) is 60.2 Å². The van der Waals surface area contributed by atoms with Gasteiger partial charge in [0.15, 0.2) is 10.3 Å². The monoisotopic (exact) mass is 480 g/mol. The highest BCUT2D eigenvalue weighted by Crippen LogP contribution is 2.36. The van der Waals surface area contributed by atoms with E-state index in [9.17, 15) is 4.79 Å². The second-order valence-electron chi connectivity index (χ2n) is 8.15. The van der Waals surface area contributed by atoms with E-state index in [1.807, 2.05) is 35.7 Å². The number of hydrogen-bond acceptors (Lipinski definition) is 6. The molecule has 2 aromatic carbocycles. The van der Waals surface area contributed by atoms with E-state index in [0.717, 1.165) is 29.3 Å². The summed E-state index contributed by atoms with van der Waals surface area (Å²) in [5.41, 5.74) is 3.79. The number of ether oxygens (including phenoxy) is 1. The van der Waals surface area contributed by atoms with Crippen LogP contribution >= 0.6 is 23.1 Å². The number of thiazole rings is 1. The molecule has 0 aliphatic rings. The van der Waals surface area contributed by atoms with Crippen molar-refractivity contribution >= 4 is 50.9 Å². The molecule has 8 heteroatoms. The predicted molar refractivity (Wildman–Crippen MR) is 137 cm³/mol. The standard InChI is InChI=1S/C25H28N4O2S2/c1-17(2)13-14-28-21-10-6-5-9-20(21)27-24(28)32-15-19-16-33-25(26-19)29(18(3)30)22-11-7-8-12-23(22)31-4/h5-12,16-17H,13-15H2,1-4H3. The summed E-state index contributed by atoms with van der Waals surface area (Å²) >= 11 is 3.14. The smallest absolute Gasteiger partial charge is 0.230 e. The maximum absolute atomic E-state index is 12.5. The van der Waals surface area contributed by atoms with Crippen molar-refractivity contribution in [3.63, 3.8) is 0 Å². The number of fused-ring (bicyclic) bond motifs is 1. The van der Waals surface area contributed by atoms with Gasteiger partial charge in [-0.15, -0.1) is 11.3 Å². The molecule has 2 aromatic heterocycles. The van der Waals surface area contributed by atoms with Crippen molar-refractivity contribution in [2.45, 2.75) is 44.6 Å². The lowest BCUT2D eigenvalue weighted by Crippen LogP contribution is -2.23. The maximum Gasteiger partial charge on any atom is 0.230 e. The summed E-state index contributed by atoms with van der Waals surface area (Å²) < 4.78 is 7.77. The molecule has 4 aromatic rings. The number of para-hydroxylation sites is 4. The highest BCUT2D eigenvalue weighted by Gasteiger charge is 2.21. The van der Waals surface area contributed by atoms with E-state index in [1.165, 1.54) is 16.9 Å². The summed E-state index contributed by atoms with van der Waals surface area (Å²) in [5, 5.41) is 3.64. The van der Waals surface area contributed by atoms with Crippen LogP contribution in [0, 0.1) is 5.92 Å². The molecule has 4 rings (SSSR count). The Hall–Kier alpha value is -2.84. The molecule has 0 atom stereocenters. The summed E-state index contributed by atoms with van der Waals surface area (Å²) in [7, 11) is 1.60. The molecular weight excluding hydrogens is 452 g/mol. The first-order chi connectivity index (χ1) is 16.0. The Labute approximate surface area is 202 Å². The summed E-state index contributed by atoms with van der Waals surface area (Å²) in [6.45, 7) is 6.96. The summed E-state index contributed by atoms with van der Waals surface area (Å²) in [5.74, 6) is 1.83. The van der Waals surface area contributed by atoms with Gasteiger partial charge in [-0.05, 0) is 36.6 Å². The van der Waals surface area contributed by atoms with Crippen molar-refractivity contribution in [1.29, 1.82) is 0 Å². The van der Waals surface area contributed by atoms with Crippen molar-refractivity contribution in [2.75, 3.05) is 12.0 Å². The number of carbonyl (C=O) groups excluding carboxylic acids is 1. The zero-order valence-corrected chi connectivity index (χ0v) is 20.9. The Kier molecular flexibility index (Phi) is 7.35. The van der Waals surface area contributed by atoms with Crippen LogP contribution < -0.4 is 9.64 Å². The zero-order chi connectivity index (χ0) is 23.4. The minimum absolute atomic E-state index is 0.108. The number of hydrogen-bond donors (Lipinski definition) is 0. The van der Waals surface area contributed by atoms with Crippen LogP contribution in [0.25, 0.3) is 11.0 Å². The fourth-order valence-electron chi connectivity index (χ4n) is 3.59. The fourth-order valence-corrected chi connectivity index (χ4v) is 5.51. The number of rotatable bonds is 9. The minimum Gasteiger partial charge on any atom is -0.495 e. The third-order valence-corrected chi connectivity index (χ3v) is 7.16. The molecule has 0 radical (unpaired) electrons. The average Bonchev–Trinajstić information content (AvgIpc) is 3.40. The molecule has 0 spiro atoms. The highest BCUT2D eigenvalue weighted by molar-refractivity contribution is 7.98. The minimum atomic E-state index is -0.108. The first kappa shape index (κ1) is 23.3. The molecule has 0 saturated heterocycles. The summed E-state index contributed by atoms with van der Waals surface area (Å²) in [6, 6.07) is 15.8. The van der Waals surface area contributed by atoms with E-state index in [2.05, 4.69) is 36.6 Å². The Balaban J connectivity index is 1.56. The Bertz CT molecular complexity index is 1250. The fraction of sp³-hybridized carbons (Fsp3) is 0.320. The Morgan fingerprint density at radius 3 is 2.67 bits per heavy atom. The Morgan fingerprint density at radius 2 is 1.91 bits per heavy atom. The molecule has 0 saturated carbocycles. The second-order valence-corrected chi connectivity index (χ2v) is 9.93. The molecule has 33 heavy (non-hydrogen) atoms. The zero-order valence-electron chi connectivity index (χ0n) is 19.3. The van der Waals surface area contributed by atoms with Crippen LogP contribution in [0.4, 0.5) is 10.8 Å². The van der Waals surface area contributed by atoms with E-state index in [4.69, 9.17) is 14.7 Å². The van der Waals surface area contributed by atoms with Crippen LogP contribution in [0.3, 0.4) is 0 Å². The molecule has 172 valence electrons. The molecule has 0 aliphatic heterocycles. The van der Waals surface area contributed by atoms with Crippen molar-refractivity contribution < 1.29 is 9.53 Å². The van der Waals surface area contributed by atoms with E-state index >= 15 is 0 Å². The molecule has 0 aliphatic carbocycles. The quantitative estimate of drug-likeness (QED) is 0.255. The number of amides is 1. The molecule has 6 nitrogen and oxygen atoms in total. The maximum atomic E-state index is 12.5. The normalized spacial score (nSPS) is 11.3. The van der Waals surface area contributed by atoms with Crippen LogP contribution in [-0.4, -0.2) is 27.6 Å². The van der Waals surface area contributed by atoms with E-state index in [-0.39, 0.29) is 5.91 Å². The number of aryl methyl sites for hydroxylation is 1. The van der Waals surface area contributed by atoms with Gasteiger partial charge in [-0.1, -0.05) is 49.9 Å². The molecule has 1 amide bonds. The van der Waals surface area contributed by atoms with Gasteiger partial charge >= 0.3 is 0 Å². The number of nitrogens with zero attached hydrogens (tertiary/aromatic N) is 4. The van der Waals surface area contributed by atoms with Gasteiger partial charge in [0.25, 0.3) is 0 Å². The van der Waals surface area contributed by atoms with E-state index in [0.29, 0.717) is 28.2 Å². The molecular formula is C25H28N4O2S2. The third-order valence-electron chi connectivity index (χ3n) is 5.27. The Morgan fingerprint density at radius 1 is 1.15 bits per heavy atom. The average molecular weight is 481 g/mol. The van der Waals surface area contributed by atoms with Crippen LogP contribution in [0.15, 0.2) is 59.1 Å². The van der Waals surface area contributed by atoms with Gasteiger partial charge in [0, 0.05) is 24.6 Å². The van der Waals surface area contributed by atoms with Crippen LogP contribution in [-0.2, 0) is 17.1 Å². The van der Waals surface area contributed by atoms with E-state index in [1.54, 1.807) is 30.7 Å². The van der Waals surface area contributed by atoms with Crippen LogP contribution in [0.2, 0.25) is 0 Å². The largest absolute Gasteiger partial charge is 0.495 e. The summed E-state index contributed by atoms with van der Waals surface area (Å²) in [4.78, 5) is 23.7. The number of benzene rings is 2. The number of anilines is 2. The lowest BCUT2D eigenvalue weighted by atomic mass is 10.1. The molecule has 0 N–H and O–H groups in total. The van der Waals surface area contributed by atoms with Crippen molar-refractivity contribution in [3.05, 3.63) is 59.6 Å². The molecule has 0 unspecified atom stereocenters. The van der Waals surface area contributed by atoms with Crippen LogP contribution in [0.5, 0.6) is 5.75 Å². The van der Waals surface area contributed by atoms with Crippen molar-refractivity contribution in [3.8, 4) is 5.75 Å². The van der Waals surface area contributed by atoms with Gasteiger partial charge in [-0.2, -0.15) is 0 Å². The van der Waals surface area contributed by atoms with Crippen molar-refractivity contribution in [1.82, 2.24) is 14.5 Å². The van der Waals surface area contributed by atoms with E-state index < -0.39 is 0 Å². The second kappa shape index (κ2) is 10.4. The lowest BCUT2D eigenvalue weighted by molar-refractivity contribution is -0.115. The first-order valence-electron chi connectivity index (χ1n) is 10.9. The van der Waals surface area contributed by atoms with Gasteiger partial charge in [0.05, 0.1) is 29.5 Å². The molecule has 2 heterocycles. The number of aromatic nitrogens is 3. The SMILES string of the molecule is COc1ccccc1N(C(C)=O)c1nc(CSc2nc3ccccc3n2CCC(C)C)cs1.